The fourth-order valence-corrected chi connectivity index (χ4v) is 5.05. The van der Waals surface area contributed by atoms with Crippen LogP contribution in [0, 0.1) is 11.3 Å². The number of rotatable bonds is 11. The second-order valence-electron chi connectivity index (χ2n) is 10.7. The van der Waals surface area contributed by atoms with E-state index in [1.54, 1.807) is 4.90 Å². The Morgan fingerprint density at radius 2 is 1.49 bits per heavy atom. The molecule has 0 bridgehead atoms. The van der Waals surface area contributed by atoms with Crippen molar-refractivity contribution in [2.24, 2.45) is 11.3 Å². The van der Waals surface area contributed by atoms with Crippen molar-refractivity contribution in [1.29, 1.82) is 0 Å². The van der Waals surface area contributed by atoms with Crippen LogP contribution in [0.3, 0.4) is 0 Å². The highest BCUT2D eigenvalue weighted by molar-refractivity contribution is 6.38. The van der Waals surface area contributed by atoms with Crippen LogP contribution in [0.2, 0.25) is 0 Å². The van der Waals surface area contributed by atoms with Crippen LogP contribution in [-0.2, 0) is 14.4 Å². The third kappa shape index (κ3) is 6.68. The van der Waals surface area contributed by atoms with Crippen molar-refractivity contribution in [2.75, 3.05) is 6.54 Å². The van der Waals surface area contributed by atoms with Gasteiger partial charge in [0, 0.05) is 23.8 Å². The average molecular weight is 476 g/mol. The lowest BCUT2D eigenvalue weighted by atomic mass is 9.82. The van der Waals surface area contributed by atoms with E-state index in [1.807, 2.05) is 39.8 Å². The summed E-state index contributed by atoms with van der Waals surface area (Å²) in [7, 11) is 0. The van der Waals surface area contributed by atoms with Crippen LogP contribution in [0.5, 0.6) is 0 Å². The van der Waals surface area contributed by atoms with E-state index in [4.69, 9.17) is 0 Å². The van der Waals surface area contributed by atoms with Crippen molar-refractivity contribution in [3.05, 3.63) is 71.8 Å². The summed E-state index contributed by atoms with van der Waals surface area (Å²) in [6.45, 7) is 8.03. The topological polar surface area (TPSA) is 54.5 Å². The largest absolute Gasteiger partial charge is 0.326 e. The highest BCUT2D eigenvalue weighted by Gasteiger charge is 2.40. The molecule has 0 spiro atoms. The molecule has 1 aliphatic rings. The van der Waals surface area contributed by atoms with Crippen LogP contribution in [0.15, 0.2) is 60.7 Å². The van der Waals surface area contributed by atoms with E-state index in [9.17, 15) is 14.4 Å². The third-order valence-corrected chi connectivity index (χ3v) is 7.80. The van der Waals surface area contributed by atoms with E-state index in [2.05, 4.69) is 48.5 Å². The SMILES string of the molecule is CCC(C)(C)C(=O)C(=O)N1CCCC[C@H]1C(=O)C(C)CCCC(c1ccccc1)c1ccccc1. The fraction of sp³-hybridized carbons (Fsp3) is 0.516. The van der Waals surface area contributed by atoms with Crippen LogP contribution >= 0.6 is 0 Å². The number of amides is 1. The number of Topliss-reactive ketones (excluding diaryl/α,β-unsaturated/α-hetero) is 2. The molecule has 0 radical (unpaired) electrons. The average Bonchev–Trinajstić information content (AvgIpc) is 2.90. The van der Waals surface area contributed by atoms with Crippen LogP contribution in [0.1, 0.15) is 89.7 Å². The molecule has 0 aromatic heterocycles. The number of hydrogen-bond acceptors (Lipinski definition) is 3. The Morgan fingerprint density at radius 3 is 2.03 bits per heavy atom. The first-order valence-corrected chi connectivity index (χ1v) is 13.2. The van der Waals surface area contributed by atoms with Crippen LogP contribution in [-0.4, -0.2) is 35.0 Å². The molecule has 3 rings (SSSR count). The van der Waals surface area contributed by atoms with E-state index in [0.29, 0.717) is 25.3 Å². The van der Waals surface area contributed by atoms with Crippen molar-refractivity contribution in [2.45, 2.75) is 84.6 Å². The molecule has 0 saturated carbocycles. The second-order valence-corrected chi connectivity index (χ2v) is 10.7. The highest BCUT2D eigenvalue weighted by Crippen LogP contribution is 2.31. The summed E-state index contributed by atoms with van der Waals surface area (Å²) in [5.41, 5.74) is 1.88. The zero-order valence-electron chi connectivity index (χ0n) is 21.8. The highest BCUT2D eigenvalue weighted by atomic mass is 16.2. The van der Waals surface area contributed by atoms with Crippen LogP contribution in [0.25, 0.3) is 0 Å². The van der Waals surface area contributed by atoms with E-state index < -0.39 is 17.4 Å². The van der Waals surface area contributed by atoms with Crippen molar-refractivity contribution in [3.63, 3.8) is 0 Å². The van der Waals surface area contributed by atoms with Gasteiger partial charge in [-0.15, -0.1) is 0 Å². The zero-order valence-corrected chi connectivity index (χ0v) is 21.8. The van der Waals surface area contributed by atoms with Gasteiger partial charge < -0.3 is 4.90 Å². The quantitative estimate of drug-likeness (QED) is 0.345. The molecular formula is C31H41NO3. The molecule has 0 N–H and O–H groups in total. The molecule has 1 aliphatic heterocycles. The summed E-state index contributed by atoms with van der Waals surface area (Å²) < 4.78 is 0. The molecule has 35 heavy (non-hydrogen) atoms. The van der Waals surface area contributed by atoms with E-state index in [0.717, 1.165) is 32.1 Å². The summed E-state index contributed by atoms with van der Waals surface area (Å²) in [4.78, 5) is 41.0. The van der Waals surface area contributed by atoms with Crippen LogP contribution in [0.4, 0.5) is 0 Å². The van der Waals surface area contributed by atoms with Crippen molar-refractivity contribution in [1.82, 2.24) is 4.90 Å². The number of carbonyl (C=O) groups is 3. The van der Waals surface area contributed by atoms with Gasteiger partial charge in [-0.2, -0.15) is 0 Å². The normalized spacial score (nSPS) is 17.3. The number of hydrogen-bond donors (Lipinski definition) is 0. The minimum atomic E-state index is -0.697. The molecule has 4 heteroatoms. The van der Waals surface area contributed by atoms with Gasteiger partial charge in [-0.3, -0.25) is 14.4 Å². The van der Waals surface area contributed by atoms with Gasteiger partial charge in [-0.1, -0.05) is 94.8 Å². The lowest BCUT2D eigenvalue weighted by Gasteiger charge is -2.37. The van der Waals surface area contributed by atoms with Crippen LogP contribution < -0.4 is 0 Å². The first-order valence-electron chi connectivity index (χ1n) is 13.2. The smallest absolute Gasteiger partial charge is 0.291 e. The number of nitrogens with zero attached hydrogens (tertiary/aromatic N) is 1. The molecule has 2 aromatic carbocycles. The molecule has 1 heterocycles. The van der Waals surface area contributed by atoms with Gasteiger partial charge in [-0.05, 0) is 49.7 Å². The first kappa shape index (κ1) is 26.8. The summed E-state index contributed by atoms with van der Waals surface area (Å²) in [5, 5.41) is 0. The summed E-state index contributed by atoms with van der Waals surface area (Å²) in [6.07, 6.45) is 5.69. The number of benzene rings is 2. The molecule has 1 unspecified atom stereocenters. The van der Waals surface area contributed by atoms with Crippen molar-refractivity contribution < 1.29 is 14.4 Å². The maximum Gasteiger partial charge on any atom is 0.291 e. The van der Waals surface area contributed by atoms with E-state index in [1.165, 1.54) is 11.1 Å². The molecule has 188 valence electrons. The Hall–Kier alpha value is -2.75. The van der Waals surface area contributed by atoms with Gasteiger partial charge in [0.1, 0.15) is 0 Å². The number of likely N-dealkylation sites (tertiary alicyclic amines) is 1. The van der Waals surface area contributed by atoms with Crippen molar-refractivity contribution >= 4 is 17.5 Å². The van der Waals surface area contributed by atoms with Gasteiger partial charge in [0.2, 0.25) is 5.78 Å². The first-order chi connectivity index (χ1) is 16.8. The lowest BCUT2D eigenvalue weighted by molar-refractivity contribution is -0.154. The number of piperidine rings is 1. The van der Waals surface area contributed by atoms with Gasteiger partial charge >= 0.3 is 0 Å². The van der Waals surface area contributed by atoms with Gasteiger partial charge in [0.15, 0.2) is 5.78 Å². The summed E-state index contributed by atoms with van der Waals surface area (Å²) >= 11 is 0. The Labute approximate surface area is 211 Å². The maximum absolute atomic E-state index is 13.5. The number of ketones is 2. The molecule has 1 amide bonds. The molecule has 1 fully saturated rings. The summed E-state index contributed by atoms with van der Waals surface area (Å²) in [5.74, 6) is -0.594. The van der Waals surface area contributed by atoms with Gasteiger partial charge in [-0.25, -0.2) is 0 Å². The zero-order chi connectivity index (χ0) is 25.4. The predicted molar refractivity (Wildman–Crippen MR) is 141 cm³/mol. The molecular weight excluding hydrogens is 434 g/mol. The van der Waals surface area contributed by atoms with Gasteiger partial charge in [0.05, 0.1) is 6.04 Å². The Kier molecular flexibility index (Phi) is 9.42. The Balaban J connectivity index is 1.65. The molecule has 1 saturated heterocycles. The maximum atomic E-state index is 13.5. The standard InChI is InChI=1S/C31H41NO3/c1-5-31(3,4)29(34)30(35)32-22-13-12-21-27(32)28(33)23(2)15-14-20-26(24-16-8-6-9-17-24)25-18-10-7-11-19-25/h6-11,16-19,23,26-27H,5,12-15,20-22H2,1-4H3/t23?,27-/m0/s1. The molecule has 2 aromatic rings. The summed E-state index contributed by atoms with van der Waals surface area (Å²) in [6, 6.07) is 20.6. The van der Waals surface area contributed by atoms with E-state index in [-0.39, 0.29) is 17.5 Å². The molecule has 2 atom stereocenters. The van der Waals surface area contributed by atoms with Gasteiger partial charge in [0.25, 0.3) is 5.91 Å². The molecule has 4 nitrogen and oxygen atoms in total. The second kappa shape index (κ2) is 12.3. The Morgan fingerprint density at radius 1 is 0.914 bits per heavy atom. The fourth-order valence-electron chi connectivity index (χ4n) is 5.05. The number of carbonyl (C=O) groups excluding carboxylic acids is 3. The molecule has 0 aliphatic carbocycles. The monoisotopic (exact) mass is 475 g/mol. The minimum absolute atomic E-state index is 0.108. The minimum Gasteiger partial charge on any atom is -0.326 e. The van der Waals surface area contributed by atoms with Crippen molar-refractivity contribution in [3.8, 4) is 0 Å². The predicted octanol–water partition coefficient (Wildman–Crippen LogP) is 6.58. The third-order valence-electron chi connectivity index (χ3n) is 7.80. The Bertz CT molecular complexity index is 943. The van der Waals surface area contributed by atoms with E-state index >= 15 is 0 Å². The lowest BCUT2D eigenvalue weighted by Crippen LogP contribution is -2.53.